The van der Waals surface area contributed by atoms with Crippen LogP contribution in [0.2, 0.25) is 0 Å². The van der Waals surface area contributed by atoms with E-state index >= 15 is 0 Å². The highest BCUT2D eigenvalue weighted by molar-refractivity contribution is 5.97. The minimum atomic E-state index is -0.582. The Labute approximate surface area is 124 Å². The lowest BCUT2D eigenvalue weighted by Crippen LogP contribution is -2.47. The summed E-state index contributed by atoms with van der Waals surface area (Å²) < 4.78 is 5.68. The maximum absolute atomic E-state index is 10.0. The van der Waals surface area contributed by atoms with E-state index < -0.39 is 5.60 Å². The zero-order chi connectivity index (χ0) is 15.3. The number of rotatable bonds is 5. The van der Waals surface area contributed by atoms with Gasteiger partial charge in [-0.3, -0.25) is 4.90 Å². The van der Waals surface area contributed by atoms with Crippen molar-refractivity contribution in [3.63, 3.8) is 0 Å². The molecule has 0 saturated carbocycles. The van der Waals surface area contributed by atoms with E-state index in [0.717, 1.165) is 31.7 Å². The van der Waals surface area contributed by atoms with Crippen LogP contribution in [0.15, 0.2) is 29.4 Å². The molecule has 0 radical (unpaired) electrons. The van der Waals surface area contributed by atoms with Crippen molar-refractivity contribution >= 4 is 5.84 Å². The molecule has 0 bridgehead atoms. The van der Waals surface area contributed by atoms with Crippen molar-refractivity contribution in [1.82, 2.24) is 4.90 Å². The Bertz CT molecular complexity index is 485. The average Bonchev–Trinajstić information content (AvgIpc) is 2.46. The number of hydrogen-bond acceptors (Lipinski definition) is 5. The van der Waals surface area contributed by atoms with Crippen LogP contribution in [0.4, 0.5) is 0 Å². The van der Waals surface area contributed by atoms with Crippen LogP contribution in [0.5, 0.6) is 5.75 Å². The number of hydrogen-bond donors (Lipinski definition) is 3. The van der Waals surface area contributed by atoms with E-state index in [9.17, 15) is 5.11 Å². The van der Waals surface area contributed by atoms with Crippen molar-refractivity contribution in [3.8, 4) is 5.75 Å². The minimum absolute atomic E-state index is 0.0806. The highest BCUT2D eigenvalue weighted by Gasteiger charge is 2.27. The van der Waals surface area contributed by atoms with Crippen LogP contribution >= 0.6 is 0 Å². The first-order valence-corrected chi connectivity index (χ1v) is 7.16. The molecule has 4 N–H and O–H groups in total. The Morgan fingerprint density at radius 1 is 1.43 bits per heavy atom. The van der Waals surface area contributed by atoms with Gasteiger partial charge < -0.3 is 20.8 Å². The van der Waals surface area contributed by atoms with Crippen molar-refractivity contribution in [2.45, 2.75) is 25.4 Å². The van der Waals surface area contributed by atoms with Gasteiger partial charge in [0.05, 0.1) is 5.60 Å². The molecule has 1 saturated heterocycles. The first kappa shape index (κ1) is 15.6. The largest absolute Gasteiger partial charge is 0.492 e. The molecule has 6 nitrogen and oxygen atoms in total. The van der Waals surface area contributed by atoms with Crippen molar-refractivity contribution in [2.75, 3.05) is 26.2 Å². The summed E-state index contributed by atoms with van der Waals surface area (Å²) in [4.78, 5) is 2.22. The zero-order valence-corrected chi connectivity index (χ0v) is 12.3. The van der Waals surface area contributed by atoms with E-state index in [1.807, 2.05) is 6.92 Å². The molecule has 1 fully saturated rings. The molecule has 1 aliphatic rings. The van der Waals surface area contributed by atoms with Gasteiger partial charge in [0.1, 0.15) is 12.4 Å². The van der Waals surface area contributed by atoms with Gasteiger partial charge in [0.25, 0.3) is 0 Å². The van der Waals surface area contributed by atoms with Crippen LogP contribution in [0, 0.1) is 0 Å². The molecule has 1 aliphatic heterocycles. The van der Waals surface area contributed by atoms with Gasteiger partial charge in [-0.05, 0) is 50.6 Å². The zero-order valence-electron chi connectivity index (χ0n) is 12.3. The third-order valence-electron chi connectivity index (χ3n) is 3.69. The van der Waals surface area contributed by atoms with E-state index in [4.69, 9.17) is 15.7 Å². The number of nitrogens with two attached hydrogens (primary N) is 1. The highest BCUT2D eigenvalue weighted by atomic mass is 16.5. The van der Waals surface area contributed by atoms with Gasteiger partial charge >= 0.3 is 0 Å². The fraction of sp³-hybridized carbons (Fsp3) is 0.533. The summed E-state index contributed by atoms with van der Waals surface area (Å²) in [7, 11) is 0. The molecule has 1 unspecified atom stereocenters. The van der Waals surface area contributed by atoms with Gasteiger partial charge in [0.2, 0.25) is 0 Å². The Kier molecular flexibility index (Phi) is 5.03. The van der Waals surface area contributed by atoms with Gasteiger partial charge in [0.15, 0.2) is 5.84 Å². The lowest BCUT2D eigenvalue weighted by atomic mass is 9.95. The smallest absolute Gasteiger partial charge is 0.170 e. The molecule has 116 valence electrons. The summed E-state index contributed by atoms with van der Waals surface area (Å²) >= 11 is 0. The van der Waals surface area contributed by atoms with E-state index in [0.29, 0.717) is 18.7 Å². The molecule has 1 atom stereocenters. The number of amidine groups is 1. The summed E-state index contributed by atoms with van der Waals surface area (Å²) in [6.45, 7) is 4.93. The summed E-state index contributed by atoms with van der Waals surface area (Å²) in [5.41, 5.74) is 5.56. The summed E-state index contributed by atoms with van der Waals surface area (Å²) in [6.07, 6.45) is 1.88. The van der Waals surface area contributed by atoms with Crippen LogP contribution in [0.3, 0.4) is 0 Å². The SMILES string of the molecule is CC1(O)CCCN(CCOc2ccc(/C(N)=N/O)cc2)C1. The number of oxime groups is 1. The molecule has 0 amide bonds. The lowest BCUT2D eigenvalue weighted by Gasteiger charge is -2.36. The summed E-state index contributed by atoms with van der Waals surface area (Å²) in [5.74, 6) is 0.824. The quantitative estimate of drug-likeness (QED) is 0.326. The number of β-amino-alcohol motifs (C(OH)–C–C–N with tert-alkyl or cyclic N) is 1. The number of likely N-dealkylation sites (tertiary alicyclic amines) is 1. The molecule has 1 aromatic carbocycles. The number of benzene rings is 1. The van der Waals surface area contributed by atoms with Crippen molar-refractivity contribution in [3.05, 3.63) is 29.8 Å². The third-order valence-corrected chi connectivity index (χ3v) is 3.69. The second-order valence-electron chi connectivity index (χ2n) is 5.73. The molecule has 1 aromatic rings. The van der Waals surface area contributed by atoms with E-state index in [2.05, 4.69) is 10.1 Å². The normalized spacial score (nSPS) is 24.0. The standard InChI is InChI=1S/C15H23N3O3/c1-15(19)7-2-8-18(11-15)9-10-21-13-5-3-12(4-6-13)14(16)17-20/h3-6,19-20H,2,7-11H2,1H3,(H2,16,17). The molecular formula is C15H23N3O3. The van der Waals surface area contributed by atoms with Crippen LogP contribution in [-0.4, -0.2) is 52.9 Å². The van der Waals surface area contributed by atoms with Crippen molar-refractivity contribution in [1.29, 1.82) is 0 Å². The first-order valence-electron chi connectivity index (χ1n) is 7.16. The Hall–Kier alpha value is -1.79. The van der Waals surface area contributed by atoms with Gasteiger partial charge in [-0.2, -0.15) is 0 Å². The van der Waals surface area contributed by atoms with Gasteiger partial charge in [0, 0.05) is 18.7 Å². The van der Waals surface area contributed by atoms with Crippen LogP contribution in [0.1, 0.15) is 25.3 Å². The number of aliphatic hydroxyl groups is 1. The van der Waals surface area contributed by atoms with Gasteiger partial charge in [-0.15, -0.1) is 0 Å². The Balaban J connectivity index is 1.78. The first-order chi connectivity index (χ1) is 10.00. The lowest BCUT2D eigenvalue weighted by molar-refractivity contribution is -0.0183. The molecule has 2 rings (SSSR count). The predicted octanol–water partition coefficient (Wildman–Crippen LogP) is 1.01. The maximum Gasteiger partial charge on any atom is 0.170 e. The molecule has 1 heterocycles. The summed E-state index contributed by atoms with van der Waals surface area (Å²) in [6, 6.07) is 7.08. The summed E-state index contributed by atoms with van der Waals surface area (Å²) in [5, 5.41) is 21.6. The number of ether oxygens (including phenoxy) is 1. The minimum Gasteiger partial charge on any atom is -0.492 e. The Morgan fingerprint density at radius 2 is 2.14 bits per heavy atom. The molecule has 0 aromatic heterocycles. The van der Waals surface area contributed by atoms with Gasteiger partial charge in [-0.25, -0.2) is 0 Å². The number of piperidine rings is 1. The fourth-order valence-corrected chi connectivity index (χ4v) is 2.59. The molecule has 0 spiro atoms. The van der Waals surface area contributed by atoms with Gasteiger partial charge in [-0.1, -0.05) is 5.16 Å². The second-order valence-corrected chi connectivity index (χ2v) is 5.73. The van der Waals surface area contributed by atoms with Crippen LogP contribution in [-0.2, 0) is 0 Å². The van der Waals surface area contributed by atoms with Crippen LogP contribution < -0.4 is 10.5 Å². The molecular weight excluding hydrogens is 270 g/mol. The van der Waals surface area contributed by atoms with E-state index in [-0.39, 0.29) is 5.84 Å². The van der Waals surface area contributed by atoms with Crippen molar-refractivity contribution < 1.29 is 15.1 Å². The molecule has 0 aliphatic carbocycles. The monoisotopic (exact) mass is 293 g/mol. The molecule has 21 heavy (non-hydrogen) atoms. The third kappa shape index (κ3) is 4.61. The van der Waals surface area contributed by atoms with E-state index in [1.54, 1.807) is 24.3 Å². The maximum atomic E-state index is 10.0. The van der Waals surface area contributed by atoms with Crippen molar-refractivity contribution in [2.24, 2.45) is 10.9 Å². The average molecular weight is 293 g/mol. The Morgan fingerprint density at radius 3 is 2.76 bits per heavy atom. The van der Waals surface area contributed by atoms with E-state index in [1.165, 1.54) is 0 Å². The fourth-order valence-electron chi connectivity index (χ4n) is 2.59. The second kappa shape index (κ2) is 6.78. The van der Waals surface area contributed by atoms with Crippen LogP contribution in [0.25, 0.3) is 0 Å². The number of nitrogens with zero attached hydrogens (tertiary/aromatic N) is 2. The molecule has 6 heteroatoms. The highest BCUT2D eigenvalue weighted by Crippen LogP contribution is 2.20. The topological polar surface area (TPSA) is 91.3 Å². The predicted molar refractivity (Wildman–Crippen MR) is 80.7 cm³/mol.